The monoisotopic (exact) mass is 456 g/mol. The van der Waals surface area contributed by atoms with Crippen LogP contribution in [0.2, 0.25) is 0 Å². The third-order valence-corrected chi connectivity index (χ3v) is 7.57. The molecule has 0 atom stereocenters. The number of H-pyrrole nitrogens is 1. The fourth-order valence-corrected chi connectivity index (χ4v) is 5.46. The van der Waals surface area contributed by atoms with Crippen LogP contribution in [-0.2, 0) is 16.6 Å². The van der Waals surface area contributed by atoms with E-state index in [1.165, 1.54) is 0 Å². The zero-order valence-corrected chi connectivity index (χ0v) is 18.6. The lowest BCUT2D eigenvalue weighted by molar-refractivity contribution is 0.0944. The molecule has 9 heteroatoms. The van der Waals surface area contributed by atoms with Crippen LogP contribution in [0.1, 0.15) is 35.3 Å². The van der Waals surface area contributed by atoms with Gasteiger partial charge in [0.1, 0.15) is 5.69 Å². The first-order valence-electron chi connectivity index (χ1n) is 10.2. The molecule has 0 radical (unpaired) electrons. The van der Waals surface area contributed by atoms with E-state index in [9.17, 15) is 13.2 Å². The maximum absolute atomic E-state index is 12.8. The van der Waals surface area contributed by atoms with Crippen LogP contribution < -0.4 is 5.32 Å². The highest BCUT2D eigenvalue weighted by molar-refractivity contribution is 7.89. The molecule has 0 spiro atoms. The van der Waals surface area contributed by atoms with Crippen molar-refractivity contribution in [2.24, 2.45) is 0 Å². The Morgan fingerprint density at radius 1 is 1.00 bits per heavy atom. The van der Waals surface area contributed by atoms with Crippen molar-refractivity contribution in [2.45, 2.75) is 30.7 Å². The van der Waals surface area contributed by atoms with Gasteiger partial charge >= 0.3 is 0 Å². The van der Waals surface area contributed by atoms with Gasteiger partial charge in [0.25, 0.3) is 5.91 Å². The zero-order chi connectivity index (χ0) is 21.8. The molecule has 2 aromatic carbocycles. The Morgan fingerprint density at radius 3 is 2.35 bits per heavy atom. The van der Waals surface area contributed by atoms with Crippen molar-refractivity contribution in [3.63, 3.8) is 0 Å². The molecule has 0 aliphatic carbocycles. The molecule has 0 unspecified atom stereocenters. The first kappa shape index (κ1) is 21.5. The van der Waals surface area contributed by atoms with E-state index in [2.05, 4.69) is 10.3 Å². The second kappa shape index (κ2) is 9.17. The van der Waals surface area contributed by atoms with Gasteiger partial charge in [-0.2, -0.15) is 4.31 Å². The van der Waals surface area contributed by atoms with Crippen molar-refractivity contribution in [1.82, 2.24) is 19.2 Å². The number of nitrogens with zero attached hydrogens (tertiary/aromatic N) is 2. The van der Waals surface area contributed by atoms with Gasteiger partial charge in [0.15, 0.2) is 4.77 Å². The predicted octanol–water partition coefficient (Wildman–Crippen LogP) is 3.64. The molecule has 162 valence electrons. The number of amides is 1. The minimum absolute atomic E-state index is 0.273. The Bertz CT molecular complexity index is 1210. The lowest BCUT2D eigenvalue weighted by Crippen LogP contribution is -2.35. The topological polar surface area (TPSA) is 87.2 Å². The van der Waals surface area contributed by atoms with Crippen LogP contribution >= 0.6 is 12.2 Å². The van der Waals surface area contributed by atoms with Crippen LogP contribution in [0, 0.1) is 4.77 Å². The summed E-state index contributed by atoms with van der Waals surface area (Å²) in [6.07, 6.45) is 4.46. The average Bonchev–Trinajstić information content (AvgIpc) is 3.20. The minimum Gasteiger partial charge on any atom is -0.347 e. The number of hydrogen-bond donors (Lipinski definition) is 2. The third-order valence-electron chi connectivity index (χ3n) is 5.35. The summed E-state index contributed by atoms with van der Waals surface area (Å²) in [6, 6.07) is 16.1. The van der Waals surface area contributed by atoms with Gasteiger partial charge in [-0.05, 0) is 54.9 Å². The third kappa shape index (κ3) is 4.63. The highest BCUT2D eigenvalue weighted by Gasteiger charge is 2.25. The number of aromatic amines is 1. The molecule has 7 nitrogen and oxygen atoms in total. The summed E-state index contributed by atoms with van der Waals surface area (Å²) >= 11 is 5.32. The normalized spacial score (nSPS) is 15.0. The average molecular weight is 457 g/mol. The molecular formula is C22H24N4O3S2. The summed E-state index contributed by atoms with van der Waals surface area (Å²) in [5.41, 5.74) is 2.01. The maximum atomic E-state index is 12.8. The molecule has 1 saturated heterocycles. The summed E-state index contributed by atoms with van der Waals surface area (Å²) in [4.78, 5) is 16.0. The van der Waals surface area contributed by atoms with Crippen molar-refractivity contribution in [2.75, 3.05) is 13.1 Å². The van der Waals surface area contributed by atoms with Crippen molar-refractivity contribution < 1.29 is 13.2 Å². The number of imidazole rings is 1. The van der Waals surface area contributed by atoms with E-state index in [0.717, 1.165) is 30.5 Å². The smallest absolute Gasteiger partial charge is 0.270 e. The summed E-state index contributed by atoms with van der Waals surface area (Å²) in [5.74, 6) is -0.277. The molecule has 1 aliphatic heterocycles. The molecule has 31 heavy (non-hydrogen) atoms. The van der Waals surface area contributed by atoms with E-state index in [4.69, 9.17) is 12.2 Å². The van der Waals surface area contributed by atoms with E-state index >= 15 is 0 Å². The van der Waals surface area contributed by atoms with Gasteiger partial charge in [-0.3, -0.25) is 9.36 Å². The van der Waals surface area contributed by atoms with Gasteiger partial charge < -0.3 is 10.3 Å². The van der Waals surface area contributed by atoms with Crippen LogP contribution in [0.4, 0.5) is 0 Å². The molecule has 4 rings (SSSR count). The van der Waals surface area contributed by atoms with Crippen LogP contribution in [0.5, 0.6) is 0 Å². The van der Waals surface area contributed by atoms with Crippen molar-refractivity contribution in [1.29, 1.82) is 0 Å². The van der Waals surface area contributed by atoms with E-state index < -0.39 is 10.0 Å². The Morgan fingerprint density at radius 2 is 1.68 bits per heavy atom. The fraction of sp³-hybridized carbons (Fsp3) is 0.273. The number of rotatable bonds is 6. The van der Waals surface area contributed by atoms with E-state index in [0.29, 0.717) is 23.6 Å². The number of carbonyl (C=O) groups is 1. The minimum atomic E-state index is -3.46. The molecule has 1 amide bonds. The highest BCUT2D eigenvalue weighted by Crippen LogP contribution is 2.21. The SMILES string of the molecule is O=C(NCc1ccc(S(=O)(=O)N2CCCCC2)cc1)c1c[nH]c(=S)n1-c1ccccc1. The second-order valence-electron chi connectivity index (χ2n) is 7.44. The Balaban J connectivity index is 1.45. The Kier molecular flexibility index (Phi) is 6.35. The number of sulfonamides is 1. The molecular weight excluding hydrogens is 432 g/mol. The van der Waals surface area contributed by atoms with Gasteiger partial charge in [0.05, 0.1) is 4.90 Å². The number of aromatic nitrogens is 2. The number of para-hydroxylation sites is 1. The summed E-state index contributed by atoms with van der Waals surface area (Å²) in [5, 5.41) is 2.87. The zero-order valence-electron chi connectivity index (χ0n) is 17.0. The summed E-state index contributed by atoms with van der Waals surface area (Å²) in [6.45, 7) is 1.42. The largest absolute Gasteiger partial charge is 0.347 e. The van der Waals surface area contributed by atoms with Crippen molar-refractivity contribution in [3.05, 3.63) is 76.8 Å². The van der Waals surface area contributed by atoms with Gasteiger partial charge in [0.2, 0.25) is 10.0 Å². The number of nitrogens with one attached hydrogen (secondary N) is 2. The molecule has 3 aromatic rings. The number of piperidine rings is 1. The number of benzene rings is 2. The molecule has 0 saturated carbocycles. The van der Waals surface area contributed by atoms with Gasteiger partial charge in [-0.25, -0.2) is 8.42 Å². The lowest BCUT2D eigenvalue weighted by atomic mass is 10.2. The van der Waals surface area contributed by atoms with Crippen LogP contribution in [-0.4, -0.2) is 41.3 Å². The maximum Gasteiger partial charge on any atom is 0.270 e. The molecule has 1 fully saturated rings. The standard InChI is InChI=1S/C22H24N4O3S2/c27-21(20-16-24-22(30)26(20)18-7-3-1-4-8-18)23-15-17-9-11-19(12-10-17)31(28,29)25-13-5-2-6-14-25/h1,3-4,7-12,16H,2,5-6,13-15H2,(H,23,27)(H,24,30). The van der Waals surface area contributed by atoms with Crippen LogP contribution in [0.3, 0.4) is 0 Å². The molecule has 1 aliphatic rings. The fourth-order valence-electron chi connectivity index (χ4n) is 3.68. The van der Waals surface area contributed by atoms with Crippen LogP contribution in [0.15, 0.2) is 65.7 Å². The summed E-state index contributed by atoms with van der Waals surface area (Å²) in [7, 11) is -3.46. The molecule has 2 heterocycles. The number of carbonyl (C=O) groups excluding carboxylic acids is 1. The summed E-state index contributed by atoms with van der Waals surface area (Å²) < 4.78 is 29.2. The first-order valence-corrected chi connectivity index (χ1v) is 12.0. The van der Waals surface area contributed by atoms with Gasteiger partial charge in [0, 0.05) is 31.5 Å². The second-order valence-corrected chi connectivity index (χ2v) is 9.77. The molecule has 1 aromatic heterocycles. The Labute approximate surface area is 186 Å². The van der Waals surface area contributed by atoms with Crippen LogP contribution in [0.25, 0.3) is 5.69 Å². The molecule has 2 N–H and O–H groups in total. The van der Waals surface area contributed by atoms with E-state index in [1.807, 2.05) is 30.3 Å². The van der Waals surface area contributed by atoms with E-state index in [-0.39, 0.29) is 17.3 Å². The molecule has 0 bridgehead atoms. The quantitative estimate of drug-likeness (QED) is 0.555. The highest BCUT2D eigenvalue weighted by atomic mass is 32.2. The lowest BCUT2D eigenvalue weighted by Gasteiger charge is -2.25. The van der Waals surface area contributed by atoms with Crippen molar-refractivity contribution >= 4 is 28.1 Å². The van der Waals surface area contributed by atoms with Gasteiger partial charge in [-0.1, -0.05) is 36.8 Å². The number of hydrogen-bond acceptors (Lipinski definition) is 4. The first-order chi connectivity index (χ1) is 15.0. The predicted molar refractivity (Wildman–Crippen MR) is 121 cm³/mol. The van der Waals surface area contributed by atoms with Gasteiger partial charge in [-0.15, -0.1) is 0 Å². The van der Waals surface area contributed by atoms with Crippen molar-refractivity contribution in [3.8, 4) is 5.69 Å². The Hall–Kier alpha value is -2.75. The van der Waals surface area contributed by atoms with E-state index in [1.54, 1.807) is 39.3 Å².